The summed E-state index contributed by atoms with van der Waals surface area (Å²) in [7, 11) is 1.56. The van der Waals surface area contributed by atoms with Crippen LogP contribution in [0.2, 0.25) is 0 Å². The Bertz CT molecular complexity index is 2090. The van der Waals surface area contributed by atoms with Crippen molar-refractivity contribution >= 4 is 40.3 Å². The Morgan fingerprint density at radius 1 is 1.04 bits per heavy atom. The van der Waals surface area contributed by atoms with Gasteiger partial charge in [-0.3, -0.25) is 4.98 Å². The van der Waals surface area contributed by atoms with Crippen LogP contribution in [-0.2, 0) is 27.1 Å². The van der Waals surface area contributed by atoms with Crippen molar-refractivity contribution in [3.05, 3.63) is 78.1 Å². The van der Waals surface area contributed by atoms with E-state index in [4.69, 9.17) is 24.2 Å². The maximum atomic E-state index is 14.4. The molecule has 0 fully saturated rings. The van der Waals surface area contributed by atoms with Crippen molar-refractivity contribution in [3.63, 3.8) is 0 Å². The molecular weight excluding hydrogens is 629 g/mol. The van der Waals surface area contributed by atoms with E-state index in [1.54, 1.807) is 38.6 Å². The highest BCUT2D eigenvalue weighted by Gasteiger charge is 2.38. The molecule has 4 heterocycles. The molecule has 1 aliphatic carbocycles. The molecule has 1 aromatic carbocycles. The number of carbonyl (C=O) groups excluding carboxylic acids is 2. The van der Waals surface area contributed by atoms with Gasteiger partial charge in [0.2, 0.25) is 5.95 Å². The maximum Gasteiger partial charge on any atom is 0.419 e. The molecule has 13 heteroatoms. The third-order valence-electron chi connectivity index (χ3n) is 8.00. The van der Waals surface area contributed by atoms with Crippen LogP contribution in [0.4, 0.5) is 19.9 Å². The van der Waals surface area contributed by atoms with Gasteiger partial charge in [-0.15, -0.1) is 0 Å². The van der Waals surface area contributed by atoms with Gasteiger partial charge in [-0.25, -0.2) is 28.4 Å². The SMILES string of the molecule is C=C(COC)c1cnn2c(N(C(=O)OC(C)(C)C)[C@@H]3CCc4c(c5ccccc5n4C(=O)OC(C)(C)C)C3)nc(-c3cncc(F)c3)nc12. The fourth-order valence-corrected chi connectivity index (χ4v) is 6.12. The summed E-state index contributed by atoms with van der Waals surface area (Å²) in [6, 6.07) is 8.46. The van der Waals surface area contributed by atoms with E-state index in [-0.39, 0.29) is 18.4 Å². The van der Waals surface area contributed by atoms with Gasteiger partial charge in [-0.05, 0) is 84.1 Å². The summed E-state index contributed by atoms with van der Waals surface area (Å²) in [5.74, 6) is -0.308. The van der Waals surface area contributed by atoms with E-state index in [0.717, 1.165) is 28.4 Å². The first-order chi connectivity index (χ1) is 23.1. The summed E-state index contributed by atoms with van der Waals surface area (Å²) in [6.45, 7) is 15.2. The first-order valence-corrected chi connectivity index (χ1v) is 16.1. The van der Waals surface area contributed by atoms with Crippen molar-refractivity contribution in [3.8, 4) is 11.4 Å². The van der Waals surface area contributed by atoms with Crippen molar-refractivity contribution in [1.29, 1.82) is 0 Å². The number of methoxy groups -OCH3 is 1. The summed E-state index contributed by atoms with van der Waals surface area (Å²) in [5, 5.41) is 5.48. The molecule has 0 unspecified atom stereocenters. The molecule has 6 rings (SSSR count). The van der Waals surface area contributed by atoms with Crippen LogP contribution in [0.25, 0.3) is 33.5 Å². The van der Waals surface area contributed by atoms with E-state index in [2.05, 4.69) is 16.7 Å². The topological polar surface area (TPSA) is 126 Å². The second-order valence-corrected chi connectivity index (χ2v) is 14.1. The van der Waals surface area contributed by atoms with Crippen molar-refractivity contribution < 1.29 is 28.2 Å². The van der Waals surface area contributed by atoms with Gasteiger partial charge < -0.3 is 14.2 Å². The highest BCUT2D eigenvalue weighted by Crippen LogP contribution is 2.37. The first-order valence-electron chi connectivity index (χ1n) is 16.1. The molecule has 0 radical (unpaired) electrons. The highest BCUT2D eigenvalue weighted by molar-refractivity contribution is 5.95. The molecule has 256 valence electrons. The normalized spacial score (nSPS) is 14.9. The number of nitrogens with zero attached hydrogens (tertiary/aromatic N) is 7. The summed E-state index contributed by atoms with van der Waals surface area (Å²) >= 11 is 0. The van der Waals surface area contributed by atoms with Crippen molar-refractivity contribution in [2.75, 3.05) is 18.6 Å². The predicted molar refractivity (Wildman–Crippen MR) is 183 cm³/mol. The zero-order chi connectivity index (χ0) is 35.2. The van der Waals surface area contributed by atoms with Gasteiger partial charge in [-0.2, -0.15) is 14.6 Å². The Hall–Kier alpha value is -5.17. The van der Waals surface area contributed by atoms with Crippen LogP contribution >= 0.6 is 0 Å². The number of fused-ring (bicyclic) bond motifs is 4. The number of para-hydroxylation sites is 1. The fourth-order valence-electron chi connectivity index (χ4n) is 6.12. The zero-order valence-electron chi connectivity index (χ0n) is 28.8. The molecule has 0 saturated carbocycles. The Labute approximate surface area is 283 Å². The highest BCUT2D eigenvalue weighted by atomic mass is 19.1. The van der Waals surface area contributed by atoms with Crippen molar-refractivity contribution in [2.45, 2.75) is 78.0 Å². The number of aromatic nitrogens is 6. The Balaban J connectivity index is 1.54. The Morgan fingerprint density at radius 3 is 2.47 bits per heavy atom. The number of pyridine rings is 1. The number of rotatable bonds is 6. The fraction of sp³-hybridized carbons (Fsp3) is 0.389. The smallest absolute Gasteiger partial charge is 0.419 e. The lowest BCUT2D eigenvalue weighted by Crippen LogP contribution is -2.47. The van der Waals surface area contributed by atoms with Gasteiger partial charge in [-0.1, -0.05) is 24.8 Å². The molecular formula is C36H40FN7O5. The van der Waals surface area contributed by atoms with Crippen molar-refractivity contribution in [2.24, 2.45) is 0 Å². The molecule has 1 amide bonds. The molecule has 5 aromatic rings. The van der Waals surface area contributed by atoms with Crippen LogP contribution in [0.3, 0.4) is 0 Å². The molecule has 4 aromatic heterocycles. The largest absolute Gasteiger partial charge is 0.443 e. The summed E-state index contributed by atoms with van der Waals surface area (Å²) in [5.41, 5.74) is 2.77. The Kier molecular flexibility index (Phi) is 8.74. The number of carbonyl (C=O) groups is 2. The van der Waals surface area contributed by atoms with E-state index in [1.165, 1.54) is 21.7 Å². The molecule has 0 bridgehead atoms. The van der Waals surface area contributed by atoms with Gasteiger partial charge >= 0.3 is 12.2 Å². The number of amides is 1. The van der Waals surface area contributed by atoms with E-state index in [0.29, 0.717) is 41.6 Å². The molecule has 12 nitrogen and oxygen atoms in total. The van der Waals surface area contributed by atoms with Gasteiger partial charge in [0.05, 0.1) is 24.5 Å². The number of hydrogen-bond donors (Lipinski definition) is 0. The number of benzene rings is 1. The minimum absolute atomic E-state index is 0.124. The lowest BCUT2D eigenvalue weighted by atomic mass is 9.90. The zero-order valence-corrected chi connectivity index (χ0v) is 28.8. The van der Waals surface area contributed by atoms with Gasteiger partial charge in [0, 0.05) is 41.6 Å². The van der Waals surface area contributed by atoms with Crippen LogP contribution in [0.15, 0.2) is 55.5 Å². The van der Waals surface area contributed by atoms with Gasteiger partial charge in [0.25, 0.3) is 0 Å². The molecule has 1 aliphatic rings. The second-order valence-electron chi connectivity index (χ2n) is 14.1. The summed E-state index contributed by atoms with van der Waals surface area (Å²) in [4.78, 5) is 42.9. The molecule has 0 aliphatic heterocycles. The third-order valence-corrected chi connectivity index (χ3v) is 8.00. The maximum absolute atomic E-state index is 14.4. The summed E-state index contributed by atoms with van der Waals surface area (Å²) in [6.07, 6.45) is 4.31. The van der Waals surface area contributed by atoms with E-state index >= 15 is 0 Å². The quantitative estimate of drug-likeness (QED) is 0.187. The third kappa shape index (κ3) is 6.75. The average molecular weight is 670 g/mol. The van der Waals surface area contributed by atoms with E-state index < -0.39 is 35.2 Å². The predicted octanol–water partition coefficient (Wildman–Crippen LogP) is 7.02. The molecule has 49 heavy (non-hydrogen) atoms. The first kappa shape index (κ1) is 33.7. The van der Waals surface area contributed by atoms with E-state index in [1.807, 2.05) is 45.0 Å². The minimum atomic E-state index is -0.842. The van der Waals surface area contributed by atoms with Crippen molar-refractivity contribution in [1.82, 2.24) is 29.1 Å². The van der Waals surface area contributed by atoms with Crippen LogP contribution < -0.4 is 4.90 Å². The number of ether oxygens (including phenoxy) is 3. The van der Waals surface area contributed by atoms with E-state index in [9.17, 15) is 14.0 Å². The monoisotopic (exact) mass is 669 g/mol. The lowest BCUT2D eigenvalue weighted by Gasteiger charge is -2.35. The van der Waals surface area contributed by atoms with Crippen LogP contribution in [0.5, 0.6) is 0 Å². The van der Waals surface area contributed by atoms with Gasteiger partial charge in [0.1, 0.15) is 17.0 Å². The molecule has 0 N–H and O–H groups in total. The number of hydrogen-bond acceptors (Lipinski definition) is 9. The minimum Gasteiger partial charge on any atom is -0.443 e. The molecule has 1 atom stereocenters. The Morgan fingerprint density at radius 2 is 1.78 bits per heavy atom. The number of halogens is 1. The number of anilines is 1. The van der Waals surface area contributed by atoms with Gasteiger partial charge in [0.15, 0.2) is 11.5 Å². The van der Waals surface area contributed by atoms with Crippen LogP contribution in [-0.4, -0.2) is 72.3 Å². The molecule has 0 saturated heterocycles. The van der Waals surface area contributed by atoms with Crippen LogP contribution in [0, 0.1) is 5.82 Å². The second kappa shape index (κ2) is 12.7. The average Bonchev–Trinajstić information content (AvgIpc) is 3.59. The standard InChI is InChI=1S/C36H40FN7O5/c1-21(20-47-8)27-19-39-44-31(27)40-30(22-15-23(37)18-38-17-22)41-32(44)42(33(45)48-35(2,3)4)24-13-14-29-26(16-24)25-11-9-10-12-28(25)43(29)34(46)49-36(5,6)7/h9-12,15,17-19,24H,1,13-14,16,20H2,2-8H3/t24-/m1/s1. The lowest BCUT2D eigenvalue weighted by molar-refractivity contribution is 0.0527. The van der Waals surface area contributed by atoms with Crippen LogP contribution in [0.1, 0.15) is 64.8 Å². The molecule has 0 spiro atoms. The summed E-state index contributed by atoms with van der Waals surface area (Å²) < 4.78 is 34.6.